The first-order chi connectivity index (χ1) is 10.1. The van der Waals surface area contributed by atoms with Gasteiger partial charge in [-0.3, -0.25) is 4.79 Å². The Morgan fingerprint density at radius 1 is 1.05 bits per heavy atom. The van der Waals surface area contributed by atoms with Crippen molar-refractivity contribution in [1.82, 2.24) is 0 Å². The second-order valence-corrected chi connectivity index (χ2v) is 4.93. The molecule has 0 aromatic heterocycles. The number of rotatable bonds is 5. The van der Waals surface area contributed by atoms with Crippen LogP contribution in [-0.4, -0.2) is 11.8 Å². The van der Waals surface area contributed by atoms with Gasteiger partial charge in [0.25, 0.3) is 0 Å². The maximum atomic E-state index is 12.1. The molecule has 108 valence electrons. The minimum atomic E-state index is -0.454. The number of carbonyl (C=O) groups excluding carboxylic acids is 2. The molecule has 3 heteroatoms. The van der Waals surface area contributed by atoms with Crippen LogP contribution in [-0.2, 0) is 0 Å². The normalized spacial score (nSPS) is 10.2. The summed E-state index contributed by atoms with van der Waals surface area (Å²) in [7, 11) is 0. The third kappa shape index (κ3) is 3.78. The fourth-order valence-corrected chi connectivity index (χ4v) is 2.05. The van der Waals surface area contributed by atoms with Crippen molar-refractivity contribution >= 4 is 11.8 Å². The molecule has 21 heavy (non-hydrogen) atoms. The first-order valence-electron chi connectivity index (χ1n) is 7.03. The Labute approximate surface area is 124 Å². The average molecular weight is 282 g/mol. The molecule has 0 atom stereocenters. The van der Waals surface area contributed by atoms with Gasteiger partial charge in [0.05, 0.1) is 11.1 Å². The van der Waals surface area contributed by atoms with Gasteiger partial charge >= 0.3 is 5.97 Å². The quantitative estimate of drug-likeness (QED) is 0.469. The highest BCUT2D eigenvalue weighted by molar-refractivity contribution is 6.00. The van der Waals surface area contributed by atoms with E-state index in [0.29, 0.717) is 23.3 Å². The van der Waals surface area contributed by atoms with Gasteiger partial charge in [0, 0.05) is 6.42 Å². The molecule has 0 amide bonds. The molecule has 0 aliphatic carbocycles. The molecular formula is C18H18O3. The van der Waals surface area contributed by atoms with Gasteiger partial charge in [-0.1, -0.05) is 36.8 Å². The molecule has 0 radical (unpaired) electrons. The molecule has 3 nitrogen and oxygen atoms in total. The fourth-order valence-electron chi connectivity index (χ4n) is 2.05. The zero-order chi connectivity index (χ0) is 15.2. The van der Waals surface area contributed by atoms with E-state index in [1.807, 2.05) is 26.0 Å². The topological polar surface area (TPSA) is 43.4 Å². The van der Waals surface area contributed by atoms with Gasteiger partial charge in [-0.2, -0.15) is 0 Å². The molecule has 0 N–H and O–H groups in total. The number of carbonyl (C=O) groups is 2. The van der Waals surface area contributed by atoms with Gasteiger partial charge in [0.15, 0.2) is 5.78 Å². The summed E-state index contributed by atoms with van der Waals surface area (Å²) in [5.74, 6) is -0.130. The minimum Gasteiger partial charge on any atom is -0.422 e. The summed E-state index contributed by atoms with van der Waals surface area (Å²) in [6.45, 7) is 3.86. The van der Waals surface area contributed by atoms with E-state index in [2.05, 4.69) is 0 Å². The lowest BCUT2D eigenvalue weighted by Crippen LogP contribution is -2.11. The zero-order valence-electron chi connectivity index (χ0n) is 12.3. The molecular weight excluding hydrogens is 264 g/mol. The van der Waals surface area contributed by atoms with Crippen LogP contribution < -0.4 is 4.74 Å². The number of hydrogen-bond donors (Lipinski definition) is 0. The van der Waals surface area contributed by atoms with Gasteiger partial charge in [-0.25, -0.2) is 4.79 Å². The number of benzene rings is 2. The monoisotopic (exact) mass is 282 g/mol. The van der Waals surface area contributed by atoms with E-state index in [1.165, 1.54) is 0 Å². The van der Waals surface area contributed by atoms with Gasteiger partial charge in [0.2, 0.25) is 0 Å². The Morgan fingerprint density at radius 3 is 2.43 bits per heavy atom. The van der Waals surface area contributed by atoms with Crippen LogP contribution in [0.1, 0.15) is 46.0 Å². The number of ether oxygens (including phenoxy) is 1. The molecule has 2 aromatic rings. The highest BCUT2D eigenvalue weighted by atomic mass is 16.5. The molecule has 0 saturated carbocycles. The average Bonchev–Trinajstić information content (AvgIpc) is 2.50. The number of esters is 1. The summed E-state index contributed by atoms with van der Waals surface area (Å²) < 4.78 is 5.39. The predicted octanol–water partition coefficient (Wildman–Crippen LogP) is 4.20. The van der Waals surface area contributed by atoms with Crippen LogP contribution in [0.25, 0.3) is 0 Å². The Hall–Kier alpha value is -2.42. The van der Waals surface area contributed by atoms with Crippen molar-refractivity contribution in [2.24, 2.45) is 0 Å². The van der Waals surface area contributed by atoms with Crippen molar-refractivity contribution < 1.29 is 14.3 Å². The van der Waals surface area contributed by atoms with Crippen LogP contribution in [0.3, 0.4) is 0 Å². The second-order valence-electron chi connectivity index (χ2n) is 4.93. The zero-order valence-corrected chi connectivity index (χ0v) is 12.3. The van der Waals surface area contributed by atoms with E-state index < -0.39 is 5.97 Å². The smallest absolute Gasteiger partial charge is 0.343 e. The van der Waals surface area contributed by atoms with Crippen molar-refractivity contribution in [2.75, 3.05) is 0 Å². The van der Waals surface area contributed by atoms with Crippen molar-refractivity contribution in [3.63, 3.8) is 0 Å². The summed E-state index contributed by atoms with van der Waals surface area (Å²) >= 11 is 0. The van der Waals surface area contributed by atoms with Crippen molar-refractivity contribution in [1.29, 1.82) is 0 Å². The van der Waals surface area contributed by atoms with E-state index in [-0.39, 0.29) is 5.78 Å². The van der Waals surface area contributed by atoms with E-state index in [9.17, 15) is 9.59 Å². The molecule has 0 aliphatic rings. The van der Waals surface area contributed by atoms with Gasteiger partial charge in [-0.15, -0.1) is 0 Å². The lowest BCUT2D eigenvalue weighted by Gasteiger charge is -2.10. The minimum absolute atomic E-state index is 0.00272. The Morgan fingerprint density at radius 2 is 1.76 bits per heavy atom. The van der Waals surface area contributed by atoms with Gasteiger partial charge in [-0.05, 0) is 37.6 Å². The largest absolute Gasteiger partial charge is 0.422 e. The summed E-state index contributed by atoms with van der Waals surface area (Å²) in [5.41, 5.74) is 1.90. The summed E-state index contributed by atoms with van der Waals surface area (Å²) in [6.07, 6.45) is 1.21. The van der Waals surface area contributed by atoms with Crippen LogP contribution in [0.15, 0.2) is 48.5 Å². The Kier molecular flexibility index (Phi) is 4.88. The molecule has 0 heterocycles. The maximum absolute atomic E-state index is 12.1. The van der Waals surface area contributed by atoms with Crippen LogP contribution in [0, 0.1) is 6.92 Å². The number of Topliss-reactive ketones (excluding diaryl/α,β-unsaturated/α-hetero) is 1. The fraction of sp³-hybridized carbons (Fsp3) is 0.222. The van der Waals surface area contributed by atoms with Gasteiger partial charge < -0.3 is 4.74 Å². The molecule has 0 bridgehead atoms. The maximum Gasteiger partial charge on any atom is 0.343 e. The SMILES string of the molecule is CCCC(=O)c1cc(C)ccc1OC(=O)c1ccccc1. The van der Waals surface area contributed by atoms with E-state index in [1.54, 1.807) is 36.4 Å². The summed E-state index contributed by atoms with van der Waals surface area (Å²) in [6, 6.07) is 14.0. The first kappa shape index (κ1) is 15.0. The molecule has 2 rings (SSSR count). The predicted molar refractivity (Wildman–Crippen MR) is 81.8 cm³/mol. The second kappa shape index (κ2) is 6.84. The molecule has 0 aliphatic heterocycles. The van der Waals surface area contributed by atoms with Crippen LogP contribution in [0.5, 0.6) is 5.75 Å². The standard InChI is InChI=1S/C18H18O3/c1-3-7-16(19)15-12-13(2)10-11-17(15)21-18(20)14-8-5-4-6-9-14/h4-6,8-12H,3,7H2,1-2H3. The molecule has 0 fully saturated rings. The summed E-state index contributed by atoms with van der Waals surface area (Å²) in [4.78, 5) is 24.2. The Bertz CT molecular complexity index is 645. The highest BCUT2D eigenvalue weighted by Crippen LogP contribution is 2.23. The Balaban J connectivity index is 2.27. The summed E-state index contributed by atoms with van der Waals surface area (Å²) in [5, 5.41) is 0. The van der Waals surface area contributed by atoms with Crippen molar-refractivity contribution in [3.8, 4) is 5.75 Å². The number of hydrogen-bond acceptors (Lipinski definition) is 3. The van der Waals surface area contributed by atoms with Crippen LogP contribution in [0.2, 0.25) is 0 Å². The molecule has 0 unspecified atom stereocenters. The molecule has 2 aromatic carbocycles. The van der Waals surface area contributed by atoms with Crippen molar-refractivity contribution in [3.05, 3.63) is 65.2 Å². The van der Waals surface area contributed by atoms with Crippen molar-refractivity contribution in [2.45, 2.75) is 26.7 Å². The third-order valence-corrected chi connectivity index (χ3v) is 3.12. The van der Waals surface area contributed by atoms with Crippen LogP contribution >= 0.6 is 0 Å². The van der Waals surface area contributed by atoms with Crippen LogP contribution in [0.4, 0.5) is 0 Å². The van der Waals surface area contributed by atoms with E-state index >= 15 is 0 Å². The lowest BCUT2D eigenvalue weighted by molar-refractivity contribution is 0.0732. The van der Waals surface area contributed by atoms with E-state index in [0.717, 1.165) is 12.0 Å². The number of ketones is 1. The van der Waals surface area contributed by atoms with E-state index in [4.69, 9.17) is 4.74 Å². The molecule has 0 spiro atoms. The molecule has 0 saturated heterocycles. The lowest BCUT2D eigenvalue weighted by atomic mass is 10.0. The third-order valence-electron chi connectivity index (χ3n) is 3.12. The number of aryl methyl sites for hydroxylation is 1. The highest BCUT2D eigenvalue weighted by Gasteiger charge is 2.16. The first-order valence-corrected chi connectivity index (χ1v) is 7.03. The van der Waals surface area contributed by atoms with Gasteiger partial charge in [0.1, 0.15) is 5.75 Å².